The van der Waals surface area contributed by atoms with E-state index in [4.69, 9.17) is 4.74 Å². The lowest BCUT2D eigenvalue weighted by atomic mass is 10.2. The Morgan fingerprint density at radius 2 is 2.15 bits per heavy atom. The second kappa shape index (κ2) is 4.03. The van der Waals surface area contributed by atoms with E-state index in [1.54, 1.807) is 12.1 Å². The van der Waals surface area contributed by atoms with Gasteiger partial charge in [0, 0.05) is 25.3 Å². The summed E-state index contributed by atoms with van der Waals surface area (Å²) in [5.74, 6) is 0.688. The number of hydrogen-bond acceptors (Lipinski definition) is 3. The van der Waals surface area contributed by atoms with E-state index in [1.807, 2.05) is 18.0 Å². The minimum absolute atomic E-state index is 0.181. The Bertz CT molecular complexity index is 286. The molecule has 0 bridgehead atoms. The topological polar surface area (TPSA) is 32.7 Å². The molecular weight excluding hydrogens is 166 g/mol. The molecule has 0 saturated heterocycles. The number of phenols is 1. The fourth-order valence-electron chi connectivity index (χ4n) is 1.10. The Morgan fingerprint density at radius 3 is 2.62 bits per heavy atom. The van der Waals surface area contributed by atoms with E-state index in [2.05, 4.69) is 6.92 Å². The molecule has 0 unspecified atom stereocenters. The van der Waals surface area contributed by atoms with Gasteiger partial charge >= 0.3 is 0 Å². The molecule has 0 radical (unpaired) electrons. The molecule has 0 atom stereocenters. The van der Waals surface area contributed by atoms with Crippen molar-refractivity contribution in [2.75, 3.05) is 25.6 Å². The molecule has 72 valence electrons. The molecule has 1 aromatic rings. The SMILES string of the molecule is CCN(C)c1ccc(OC)c(O)c1. The van der Waals surface area contributed by atoms with E-state index in [9.17, 15) is 5.11 Å². The van der Waals surface area contributed by atoms with Gasteiger partial charge in [0.2, 0.25) is 0 Å². The first-order valence-corrected chi connectivity index (χ1v) is 4.27. The largest absolute Gasteiger partial charge is 0.504 e. The van der Waals surface area contributed by atoms with E-state index in [0.29, 0.717) is 5.75 Å². The summed E-state index contributed by atoms with van der Waals surface area (Å²) in [5, 5.41) is 9.48. The van der Waals surface area contributed by atoms with Gasteiger partial charge in [-0.2, -0.15) is 0 Å². The molecule has 0 saturated carbocycles. The smallest absolute Gasteiger partial charge is 0.160 e. The lowest BCUT2D eigenvalue weighted by Crippen LogP contribution is -2.15. The molecule has 1 aromatic carbocycles. The first-order valence-electron chi connectivity index (χ1n) is 4.27. The number of phenolic OH excluding ortho intramolecular Hbond substituents is 1. The summed E-state index contributed by atoms with van der Waals surface area (Å²) in [5.41, 5.74) is 0.987. The number of ether oxygens (including phenoxy) is 1. The van der Waals surface area contributed by atoms with Crippen LogP contribution in [0, 0.1) is 0 Å². The number of rotatable bonds is 3. The van der Waals surface area contributed by atoms with Crippen molar-refractivity contribution in [2.45, 2.75) is 6.92 Å². The molecule has 0 fully saturated rings. The number of anilines is 1. The van der Waals surface area contributed by atoms with Crippen LogP contribution < -0.4 is 9.64 Å². The first-order chi connectivity index (χ1) is 6.19. The monoisotopic (exact) mass is 181 g/mol. The Balaban J connectivity index is 2.95. The van der Waals surface area contributed by atoms with E-state index < -0.39 is 0 Å². The third-order valence-electron chi connectivity index (χ3n) is 2.08. The summed E-state index contributed by atoms with van der Waals surface area (Å²) in [6, 6.07) is 5.38. The van der Waals surface area contributed by atoms with E-state index in [-0.39, 0.29) is 5.75 Å². The molecule has 0 spiro atoms. The van der Waals surface area contributed by atoms with E-state index >= 15 is 0 Å². The molecule has 0 aliphatic rings. The maximum Gasteiger partial charge on any atom is 0.160 e. The number of nitrogens with zero attached hydrogens (tertiary/aromatic N) is 1. The summed E-state index contributed by atoms with van der Waals surface area (Å²) in [6.07, 6.45) is 0. The van der Waals surface area contributed by atoms with Gasteiger partial charge in [-0.25, -0.2) is 0 Å². The van der Waals surface area contributed by atoms with Crippen LogP contribution in [0.25, 0.3) is 0 Å². The Kier molecular flexibility index (Phi) is 3.01. The van der Waals surface area contributed by atoms with Crippen molar-refractivity contribution < 1.29 is 9.84 Å². The fourth-order valence-corrected chi connectivity index (χ4v) is 1.10. The quantitative estimate of drug-likeness (QED) is 0.772. The molecular formula is C10H15NO2. The van der Waals surface area contributed by atoms with Gasteiger partial charge in [0.15, 0.2) is 11.5 Å². The van der Waals surface area contributed by atoms with Gasteiger partial charge < -0.3 is 14.7 Å². The minimum atomic E-state index is 0.181. The second-order valence-corrected chi connectivity index (χ2v) is 2.87. The average molecular weight is 181 g/mol. The Labute approximate surface area is 78.6 Å². The van der Waals surface area contributed by atoms with E-state index in [0.717, 1.165) is 12.2 Å². The van der Waals surface area contributed by atoms with Crippen LogP contribution in [0.1, 0.15) is 6.92 Å². The summed E-state index contributed by atoms with van der Waals surface area (Å²) in [6.45, 7) is 2.97. The maximum atomic E-state index is 9.48. The van der Waals surface area contributed by atoms with Crippen LogP contribution in [0.15, 0.2) is 18.2 Å². The van der Waals surface area contributed by atoms with Gasteiger partial charge in [-0.15, -0.1) is 0 Å². The first kappa shape index (κ1) is 9.71. The second-order valence-electron chi connectivity index (χ2n) is 2.87. The normalized spacial score (nSPS) is 9.77. The highest BCUT2D eigenvalue weighted by molar-refractivity contribution is 5.55. The zero-order chi connectivity index (χ0) is 9.84. The molecule has 3 nitrogen and oxygen atoms in total. The number of hydrogen-bond donors (Lipinski definition) is 1. The molecule has 0 aliphatic carbocycles. The van der Waals surface area contributed by atoms with E-state index in [1.165, 1.54) is 7.11 Å². The Hall–Kier alpha value is -1.38. The maximum absolute atomic E-state index is 9.48. The van der Waals surface area contributed by atoms with Crippen molar-refractivity contribution in [1.29, 1.82) is 0 Å². The van der Waals surface area contributed by atoms with Gasteiger partial charge in [-0.1, -0.05) is 0 Å². The van der Waals surface area contributed by atoms with Crippen LogP contribution in [0.5, 0.6) is 11.5 Å². The van der Waals surface area contributed by atoms with Gasteiger partial charge in [-0.3, -0.25) is 0 Å². The van der Waals surface area contributed by atoms with Gasteiger partial charge in [-0.05, 0) is 19.1 Å². The highest BCUT2D eigenvalue weighted by Crippen LogP contribution is 2.29. The molecule has 0 amide bonds. The van der Waals surface area contributed by atoms with Crippen LogP contribution in [0.4, 0.5) is 5.69 Å². The zero-order valence-electron chi connectivity index (χ0n) is 8.24. The minimum Gasteiger partial charge on any atom is -0.504 e. The van der Waals surface area contributed by atoms with Gasteiger partial charge in [0.05, 0.1) is 7.11 Å². The van der Waals surface area contributed by atoms with Crippen molar-refractivity contribution in [3.05, 3.63) is 18.2 Å². The van der Waals surface area contributed by atoms with Crippen LogP contribution in [-0.4, -0.2) is 25.8 Å². The summed E-state index contributed by atoms with van der Waals surface area (Å²) in [7, 11) is 3.51. The summed E-state index contributed by atoms with van der Waals surface area (Å²) >= 11 is 0. The molecule has 0 aliphatic heterocycles. The lowest BCUT2D eigenvalue weighted by molar-refractivity contribution is 0.373. The molecule has 1 N–H and O–H groups in total. The highest BCUT2D eigenvalue weighted by atomic mass is 16.5. The van der Waals surface area contributed by atoms with Gasteiger partial charge in [0.1, 0.15) is 0 Å². The molecule has 3 heteroatoms. The molecule has 13 heavy (non-hydrogen) atoms. The number of methoxy groups -OCH3 is 1. The number of benzene rings is 1. The molecule has 0 heterocycles. The number of aromatic hydroxyl groups is 1. The fraction of sp³-hybridized carbons (Fsp3) is 0.400. The predicted molar refractivity (Wildman–Crippen MR) is 53.6 cm³/mol. The third kappa shape index (κ3) is 2.05. The molecule has 0 aromatic heterocycles. The summed E-state index contributed by atoms with van der Waals surface area (Å²) in [4.78, 5) is 2.04. The highest BCUT2D eigenvalue weighted by Gasteiger charge is 2.04. The standard InChI is InChI=1S/C10H15NO2/c1-4-11(2)8-5-6-10(13-3)9(12)7-8/h5-7,12H,4H2,1-3H3. The third-order valence-corrected chi connectivity index (χ3v) is 2.08. The van der Waals surface area contributed by atoms with Gasteiger partial charge in [0.25, 0.3) is 0 Å². The van der Waals surface area contributed by atoms with Crippen LogP contribution >= 0.6 is 0 Å². The van der Waals surface area contributed by atoms with Crippen LogP contribution in [0.3, 0.4) is 0 Å². The van der Waals surface area contributed by atoms with Crippen molar-refractivity contribution in [3.8, 4) is 11.5 Å². The lowest BCUT2D eigenvalue weighted by Gasteiger charge is -2.17. The molecule has 1 rings (SSSR count). The average Bonchev–Trinajstić information content (AvgIpc) is 2.16. The van der Waals surface area contributed by atoms with Crippen molar-refractivity contribution in [2.24, 2.45) is 0 Å². The Morgan fingerprint density at radius 1 is 1.46 bits per heavy atom. The van der Waals surface area contributed by atoms with Crippen LogP contribution in [0.2, 0.25) is 0 Å². The predicted octanol–water partition coefficient (Wildman–Crippen LogP) is 1.86. The van der Waals surface area contributed by atoms with Crippen molar-refractivity contribution in [1.82, 2.24) is 0 Å². The summed E-state index contributed by atoms with van der Waals surface area (Å²) < 4.78 is 4.94. The van der Waals surface area contributed by atoms with Crippen molar-refractivity contribution in [3.63, 3.8) is 0 Å². The van der Waals surface area contributed by atoms with Crippen molar-refractivity contribution >= 4 is 5.69 Å². The van der Waals surface area contributed by atoms with Crippen LogP contribution in [-0.2, 0) is 0 Å². The zero-order valence-corrected chi connectivity index (χ0v) is 8.24.